The van der Waals surface area contributed by atoms with Gasteiger partial charge in [-0.3, -0.25) is 10.1 Å². The van der Waals surface area contributed by atoms with Gasteiger partial charge in [0.05, 0.1) is 9.40 Å². The number of nitrogens with zero attached hydrogens (tertiary/aromatic N) is 3. The van der Waals surface area contributed by atoms with Gasteiger partial charge in [-0.2, -0.15) is 9.97 Å². The number of ether oxygens (including phenoxy) is 1. The van der Waals surface area contributed by atoms with Gasteiger partial charge in [-0.15, -0.1) is 0 Å². The van der Waals surface area contributed by atoms with E-state index in [9.17, 15) is 10.1 Å². The number of nitro groups is 1. The number of para-hydroxylation sites is 1. The number of benzene rings is 1. The SMILES string of the molecule is CNc1cc(Oc2c(Br)cccc2[N+](=O)[O-])nc(N)n1. The molecule has 20 heavy (non-hydrogen) atoms. The third kappa shape index (κ3) is 2.94. The van der Waals surface area contributed by atoms with Crippen LogP contribution in [0.25, 0.3) is 0 Å². The first kappa shape index (κ1) is 14.0. The number of anilines is 2. The number of nitrogens with two attached hydrogens (primary N) is 1. The molecule has 0 atom stereocenters. The van der Waals surface area contributed by atoms with Gasteiger partial charge in [-0.25, -0.2) is 0 Å². The van der Waals surface area contributed by atoms with Crippen molar-refractivity contribution in [1.29, 1.82) is 0 Å². The Balaban J connectivity index is 2.44. The van der Waals surface area contributed by atoms with Gasteiger partial charge < -0.3 is 15.8 Å². The second-order valence-electron chi connectivity index (χ2n) is 3.65. The summed E-state index contributed by atoms with van der Waals surface area (Å²) in [5, 5.41) is 13.8. The predicted octanol–water partition coefficient (Wildman–Crippen LogP) is 2.56. The third-order valence-electron chi connectivity index (χ3n) is 2.33. The monoisotopic (exact) mass is 339 g/mol. The molecule has 0 aliphatic rings. The number of halogens is 1. The summed E-state index contributed by atoms with van der Waals surface area (Å²) in [7, 11) is 1.66. The van der Waals surface area contributed by atoms with Crippen LogP contribution >= 0.6 is 15.9 Å². The van der Waals surface area contributed by atoms with Crippen LogP contribution < -0.4 is 15.8 Å². The first-order chi connectivity index (χ1) is 9.51. The highest BCUT2D eigenvalue weighted by molar-refractivity contribution is 9.10. The fourth-order valence-corrected chi connectivity index (χ4v) is 1.91. The molecule has 0 fully saturated rings. The van der Waals surface area contributed by atoms with Crippen molar-refractivity contribution in [2.45, 2.75) is 0 Å². The molecule has 2 aromatic rings. The number of hydrogen-bond acceptors (Lipinski definition) is 7. The molecule has 3 N–H and O–H groups in total. The Morgan fingerprint density at radius 3 is 2.85 bits per heavy atom. The molecule has 0 saturated heterocycles. The van der Waals surface area contributed by atoms with E-state index in [1.165, 1.54) is 12.1 Å². The Morgan fingerprint density at radius 2 is 2.20 bits per heavy atom. The summed E-state index contributed by atoms with van der Waals surface area (Å²) in [6.07, 6.45) is 0. The minimum absolute atomic E-state index is 0.00144. The number of rotatable bonds is 4. The summed E-state index contributed by atoms with van der Waals surface area (Å²) >= 11 is 3.21. The minimum atomic E-state index is -0.538. The van der Waals surface area contributed by atoms with E-state index < -0.39 is 4.92 Å². The quantitative estimate of drug-likeness (QED) is 0.649. The summed E-state index contributed by atoms with van der Waals surface area (Å²) in [4.78, 5) is 18.2. The van der Waals surface area contributed by atoms with Gasteiger partial charge in [0.15, 0.2) is 0 Å². The highest BCUT2D eigenvalue weighted by Crippen LogP contribution is 2.37. The molecular weight excluding hydrogens is 330 g/mol. The lowest BCUT2D eigenvalue weighted by Gasteiger charge is -2.09. The fourth-order valence-electron chi connectivity index (χ4n) is 1.47. The normalized spacial score (nSPS) is 10.1. The van der Waals surface area contributed by atoms with E-state index in [4.69, 9.17) is 10.5 Å². The lowest BCUT2D eigenvalue weighted by atomic mass is 10.3. The standard InChI is InChI=1S/C11H10BrN5O3/c1-14-8-5-9(16-11(13)15-8)20-10-6(12)3-2-4-7(10)17(18)19/h2-5H,1H3,(H3,13,14,15,16). The van der Waals surface area contributed by atoms with Crippen LogP contribution in [0, 0.1) is 10.1 Å². The number of nitro benzene ring substituents is 1. The Labute approximate surface area is 122 Å². The van der Waals surface area contributed by atoms with Crippen molar-refractivity contribution >= 4 is 33.4 Å². The van der Waals surface area contributed by atoms with Crippen LogP contribution in [0.15, 0.2) is 28.7 Å². The van der Waals surface area contributed by atoms with Crippen molar-refractivity contribution in [3.8, 4) is 11.6 Å². The van der Waals surface area contributed by atoms with Gasteiger partial charge in [-0.1, -0.05) is 6.07 Å². The third-order valence-corrected chi connectivity index (χ3v) is 2.95. The van der Waals surface area contributed by atoms with Crippen LogP contribution in [-0.2, 0) is 0 Å². The average molecular weight is 340 g/mol. The number of nitrogen functional groups attached to an aromatic ring is 1. The van der Waals surface area contributed by atoms with E-state index in [0.717, 1.165) is 0 Å². The van der Waals surface area contributed by atoms with Crippen molar-refractivity contribution in [3.63, 3.8) is 0 Å². The van der Waals surface area contributed by atoms with Crippen molar-refractivity contribution in [2.24, 2.45) is 0 Å². The lowest BCUT2D eigenvalue weighted by molar-refractivity contribution is -0.385. The van der Waals surface area contributed by atoms with E-state index in [-0.39, 0.29) is 23.3 Å². The highest BCUT2D eigenvalue weighted by Gasteiger charge is 2.19. The Kier molecular flexibility index (Phi) is 3.99. The van der Waals surface area contributed by atoms with Crippen molar-refractivity contribution < 1.29 is 9.66 Å². The van der Waals surface area contributed by atoms with E-state index in [1.54, 1.807) is 19.2 Å². The van der Waals surface area contributed by atoms with E-state index >= 15 is 0 Å². The van der Waals surface area contributed by atoms with Crippen molar-refractivity contribution in [1.82, 2.24) is 9.97 Å². The van der Waals surface area contributed by atoms with Gasteiger partial charge >= 0.3 is 5.69 Å². The van der Waals surface area contributed by atoms with Crippen LogP contribution in [0.4, 0.5) is 17.5 Å². The zero-order valence-corrected chi connectivity index (χ0v) is 11.9. The molecule has 104 valence electrons. The molecule has 0 spiro atoms. The zero-order valence-electron chi connectivity index (χ0n) is 10.3. The van der Waals surface area contributed by atoms with Crippen LogP contribution in [0.2, 0.25) is 0 Å². The van der Waals surface area contributed by atoms with Gasteiger partial charge in [0.2, 0.25) is 17.6 Å². The molecule has 8 nitrogen and oxygen atoms in total. The molecule has 0 radical (unpaired) electrons. The molecule has 0 saturated carbocycles. The summed E-state index contributed by atoms with van der Waals surface area (Å²) in [6.45, 7) is 0. The van der Waals surface area contributed by atoms with Crippen molar-refractivity contribution in [3.05, 3.63) is 38.9 Å². The Hall–Kier alpha value is -2.42. The molecule has 0 aliphatic heterocycles. The molecule has 0 unspecified atom stereocenters. The molecule has 1 aromatic heterocycles. The first-order valence-corrected chi connectivity index (χ1v) is 6.23. The molecule has 2 rings (SSSR count). The molecule has 1 aromatic carbocycles. The van der Waals surface area contributed by atoms with Gasteiger partial charge in [0.25, 0.3) is 0 Å². The van der Waals surface area contributed by atoms with E-state index in [1.807, 2.05) is 0 Å². The topological polar surface area (TPSA) is 116 Å². The first-order valence-electron chi connectivity index (χ1n) is 5.44. The number of nitrogens with one attached hydrogen (secondary N) is 1. The maximum absolute atomic E-state index is 11.0. The molecule has 0 bridgehead atoms. The summed E-state index contributed by atoms with van der Waals surface area (Å²) < 4.78 is 5.90. The summed E-state index contributed by atoms with van der Waals surface area (Å²) in [6, 6.07) is 6.00. The van der Waals surface area contributed by atoms with E-state index in [0.29, 0.717) is 10.3 Å². The van der Waals surface area contributed by atoms with Gasteiger partial charge in [0, 0.05) is 19.2 Å². The molecule has 9 heteroatoms. The molecular formula is C11H10BrN5O3. The van der Waals surface area contributed by atoms with Crippen LogP contribution in [0.1, 0.15) is 0 Å². The number of aromatic nitrogens is 2. The molecule has 1 heterocycles. The fraction of sp³-hybridized carbons (Fsp3) is 0.0909. The molecule has 0 amide bonds. The van der Waals surface area contributed by atoms with Crippen LogP contribution in [0.3, 0.4) is 0 Å². The maximum Gasteiger partial charge on any atom is 0.312 e. The van der Waals surface area contributed by atoms with Gasteiger partial charge in [-0.05, 0) is 22.0 Å². The predicted molar refractivity (Wildman–Crippen MR) is 76.9 cm³/mol. The summed E-state index contributed by atoms with van der Waals surface area (Å²) in [5.41, 5.74) is 5.36. The van der Waals surface area contributed by atoms with E-state index in [2.05, 4.69) is 31.2 Å². The van der Waals surface area contributed by atoms with Crippen LogP contribution in [-0.4, -0.2) is 21.9 Å². The smallest absolute Gasteiger partial charge is 0.312 e. The van der Waals surface area contributed by atoms with Crippen LogP contribution in [0.5, 0.6) is 11.6 Å². The average Bonchev–Trinajstić information content (AvgIpc) is 2.40. The minimum Gasteiger partial charge on any atom is -0.430 e. The second-order valence-corrected chi connectivity index (χ2v) is 4.50. The summed E-state index contributed by atoms with van der Waals surface area (Å²) in [5.74, 6) is 0.610. The Bertz CT molecular complexity index is 665. The lowest BCUT2D eigenvalue weighted by Crippen LogP contribution is -2.02. The Morgan fingerprint density at radius 1 is 1.45 bits per heavy atom. The molecule has 0 aliphatic carbocycles. The van der Waals surface area contributed by atoms with Crippen molar-refractivity contribution in [2.75, 3.05) is 18.1 Å². The highest BCUT2D eigenvalue weighted by atomic mass is 79.9. The number of hydrogen-bond donors (Lipinski definition) is 2. The second kappa shape index (κ2) is 5.70. The largest absolute Gasteiger partial charge is 0.430 e. The van der Waals surface area contributed by atoms with Gasteiger partial charge in [0.1, 0.15) is 5.82 Å². The zero-order chi connectivity index (χ0) is 14.7. The maximum atomic E-state index is 11.0.